The fourth-order valence-electron chi connectivity index (χ4n) is 1.70. The second-order valence-electron chi connectivity index (χ2n) is 4.63. The molecule has 0 aliphatic heterocycles. The number of rotatable bonds is 5. The van der Waals surface area contributed by atoms with Crippen molar-refractivity contribution < 1.29 is 4.39 Å². The Morgan fingerprint density at radius 3 is 2.62 bits per heavy atom. The smallest absolute Gasteiger partial charge is 0.123 e. The Labute approximate surface area is 97.3 Å². The van der Waals surface area contributed by atoms with E-state index in [0.29, 0.717) is 0 Å². The van der Waals surface area contributed by atoms with Gasteiger partial charge >= 0.3 is 0 Å². The SMILES string of the molecule is Cc1cc(F)ccc1CC(N)CCN(C)C. The zero-order valence-electron chi connectivity index (χ0n) is 10.3. The van der Waals surface area contributed by atoms with Crippen LogP contribution in [0, 0.1) is 12.7 Å². The zero-order valence-corrected chi connectivity index (χ0v) is 10.3. The predicted octanol–water partition coefficient (Wildman–Crippen LogP) is 1.96. The lowest BCUT2D eigenvalue weighted by Gasteiger charge is -2.16. The maximum absolute atomic E-state index is 12.9. The van der Waals surface area contributed by atoms with E-state index in [1.165, 1.54) is 6.07 Å². The first kappa shape index (κ1) is 13.1. The van der Waals surface area contributed by atoms with E-state index < -0.39 is 0 Å². The molecule has 0 aliphatic carbocycles. The average molecular weight is 224 g/mol. The molecule has 16 heavy (non-hydrogen) atoms. The summed E-state index contributed by atoms with van der Waals surface area (Å²) >= 11 is 0. The van der Waals surface area contributed by atoms with Gasteiger partial charge in [0.1, 0.15) is 5.82 Å². The molecule has 1 rings (SSSR count). The Kier molecular flexibility index (Phi) is 4.90. The molecule has 0 heterocycles. The molecule has 2 nitrogen and oxygen atoms in total. The van der Waals surface area contributed by atoms with Crippen molar-refractivity contribution in [2.24, 2.45) is 5.73 Å². The maximum Gasteiger partial charge on any atom is 0.123 e. The van der Waals surface area contributed by atoms with Gasteiger partial charge in [0, 0.05) is 6.04 Å². The molecule has 3 heteroatoms. The van der Waals surface area contributed by atoms with Crippen LogP contribution in [0.25, 0.3) is 0 Å². The van der Waals surface area contributed by atoms with Crippen LogP contribution >= 0.6 is 0 Å². The van der Waals surface area contributed by atoms with Crippen LogP contribution < -0.4 is 5.73 Å². The third-order valence-electron chi connectivity index (χ3n) is 2.73. The second kappa shape index (κ2) is 5.97. The van der Waals surface area contributed by atoms with E-state index in [9.17, 15) is 4.39 Å². The molecule has 0 radical (unpaired) electrons. The number of hydrogen-bond donors (Lipinski definition) is 1. The van der Waals surface area contributed by atoms with Crippen molar-refractivity contribution >= 4 is 0 Å². The number of nitrogens with two attached hydrogens (primary N) is 1. The summed E-state index contributed by atoms with van der Waals surface area (Å²) in [5, 5.41) is 0. The van der Waals surface area contributed by atoms with Gasteiger partial charge in [-0.15, -0.1) is 0 Å². The third-order valence-corrected chi connectivity index (χ3v) is 2.73. The summed E-state index contributed by atoms with van der Waals surface area (Å²) in [6.45, 7) is 2.92. The normalized spacial score (nSPS) is 13.1. The molecule has 0 spiro atoms. The first-order valence-electron chi connectivity index (χ1n) is 5.64. The van der Waals surface area contributed by atoms with E-state index in [1.807, 2.05) is 27.1 Å². The van der Waals surface area contributed by atoms with Crippen molar-refractivity contribution in [3.8, 4) is 0 Å². The Morgan fingerprint density at radius 2 is 2.06 bits per heavy atom. The van der Waals surface area contributed by atoms with Crippen LogP contribution in [-0.2, 0) is 6.42 Å². The Balaban J connectivity index is 2.52. The molecular formula is C13H21FN2. The van der Waals surface area contributed by atoms with Gasteiger partial charge in [0.15, 0.2) is 0 Å². The van der Waals surface area contributed by atoms with Crippen LogP contribution in [0.3, 0.4) is 0 Å². The molecule has 0 bridgehead atoms. The molecular weight excluding hydrogens is 203 g/mol. The molecule has 0 fully saturated rings. The fraction of sp³-hybridized carbons (Fsp3) is 0.538. The monoisotopic (exact) mass is 224 g/mol. The second-order valence-corrected chi connectivity index (χ2v) is 4.63. The molecule has 2 N–H and O–H groups in total. The largest absolute Gasteiger partial charge is 0.327 e. The van der Waals surface area contributed by atoms with Crippen LogP contribution in [0.15, 0.2) is 18.2 Å². The molecule has 1 atom stereocenters. The van der Waals surface area contributed by atoms with Crippen LogP contribution in [0.2, 0.25) is 0 Å². The molecule has 1 unspecified atom stereocenters. The minimum Gasteiger partial charge on any atom is -0.327 e. The fourth-order valence-corrected chi connectivity index (χ4v) is 1.70. The minimum atomic E-state index is -0.178. The average Bonchev–Trinajstić information content (AvgIpc) is 2.19. The predicted molar refractivity (Wildman–Crippen MR) is 66.0 cm³/mol. The van der Waals surface area contributed by atoms with Gasteiger partial charge in [-0.2, -0.15) is 0 Å². The summed E-state index contributed by atoms with van der Waals surface area (Å²) in [6, 6.07) is 5.04. The summed E-state index contributed by atoms with van der Waals surface area (Å²) in [6.07, 6.45) is 1.78. The first-order chi connectivity index (χ1) is 7.49. The highest BCUT2D eigenvalue weighted by Gasteiger charge is 2.07. The minimum absolute atomic E-state index is 0.145. The van der Waals surface area contributed by atoms with Gasteiger partial charge in [-0.25, -0.2) is 4.39 Å². The van der Waals surface area contributed by atoms with Crippen molar-refractivity contribution in [3.63, 3.8) is 0 Å². The molecule has 0 saturated heterocycles. The van der Waals surface area contributed by atoms with Gasteiger partial charge in [-0.05, 0) is 63.7 Å². The van der Waals surface area contributed by atoms with E-state index in [1.54, 1.807) is 6.07 Å². The van der Waals surface area contributed by atoms with Gasteiger partial charge < -0.3 is 10.6 Å². The molecule has 1 aromatic rings. The van der Waals surface area contributed by atoms with Gasteiger partial charge in [0.05, 0.1) is 0 Å². The molecule has 0 amide bonds. The van der Waals surface area contributed by atoms with Crippen molar-refractivity contribution in [2.45, 2.75) is 25.8 Å². The van der Waals surface area contributed by atoms with Gasteiger partial charge in [-0.1, -0.05) is 6.07 Å². The van der Waals surface area contributed by atoms with Crippen molar-refractivity contribution in [2.75, 3.05) is 20.6 Å². The third kappa shape index (κ3) is 4.29. The molecule has 90 valence electrons. The summed E-state index contributed by atoms with van der Waals surface area (Å²) < 4.78 is 12.9. The van der Waals surface area contributed by atoms with Crippen LogP contribution in [0.1, 0.15) is 17.5 Å². The summed E-state index contributed by atoms with van der Waals surface area (Å²) in [5.74, 6) is -0.178. The van der Waals surface area contributed by atoms with E-state index in [4.69, 9.17) is 5.73 Å². The lowest BCUT2D eigenvalue weighted by Crippen LogP contribution is -2.28. The number of nitrogens with zero attached hydrogens (tertiary/aromatic N) is 1. The zero-order chi connectivity index (χ0) is 12.1. The van der Waals surface area contributed by atoms with E-state index in [0.717, 1.165) is 30.5 Å². The standard InChI is InChI=1S/C13H21FN2/c1-10-8-12(14)5-4-11(10)9-13(15)6-7-16(2)3/h4-5,8,13H,6-7,9,15H2,1-3H3. The Bertz CT molecular complexity index is 337. The highest BCUT2D eigenvalue weighted by molar-refractivity contribution is 5.27. The van der Waals surface area contributed by atoms with Crippen LogP contribution in [-0.4, -0.2) is 31.6 Å². The van der Waals surface area contributed by atoms with Crippen molar-refractivity contribution in [1.29, 1.82) is 0 Å². The quantitative estimate of drug-likeness (QED) is 0.828. The number of hydrogen-bond acceptors (Lipinski definition) is 2. The first-order valence-corrected chi connectivity index (χ1v) is 5.64. The lowest BCUT2D eigenvalue weighted by molar-refractivity contribution is 0.379. The molecule has 0 aromatic heterocycles. The molecule has 0 saturated carbocycles. The van der Waals surface area contributed by atoms with Crippen LogP contribution in [0.4, 0.5) is 4.39 Å². The maximum atomic E-state index is 12.9. The highest BCUT2D eigenvalue weighted by Crippen LogP contribution is 2.12. The molecule has 1 aromatic carbocycles. The van der Waals surface area contributed by atoms with E-state index in [2.05, 4.69) is 4.90 Å². The number of halogens is 1. The van der Waals surface area contributed by atoms with E-state index in [-0.39, 0.29) is 11.9 Å². The summed E-state index contributed by atoms with van der Waals surface area (Å²) in [5.41, 5.74) is 8.17. The van der Waals surface area contributed by atoms with Crippen molar-refractivity contribution in [1.82, 2.24) is 4.90 Å². The summed E-state index contributed by atoms with van der Waals surface area (Å²) in [7, 11) is 4.08. The Hall–Kier alpha value is -0.930. The topological polar surface area (TPSA) is 29.3 Å². The van der Waals surface area contributed by atoms with Gasteiger partial charge in [0.2, 0.25) is 0 Å². The Morgan fingerprint density at radius 1 is 1.38 bits per heavy atom. The van der Waals surface area contributed by atoms with Crippen molar-refractivity contribution in [3.05, 3.63) is 35.1 Å². The number of aryl methyl sites for hydroxylation is 1. The lowest BCUT2D eigenvalue weighted by atomic mass is 9.99. The summed E-state index contributed by atoms with van der Waals surface area (Å²) in [4.78, 5) is 2.12. The van der Waals surface area contributed by atoms with E-state index >= 15 is 0 Å². The van der Waals surface area contributed by atoms with Crippen LogP contribution in [0.5, 0.6) is 0 Å². The number of benzene rings is 1. The highest BCUT2D eigenvalue weighted by atomic mass is 19.1. The van der Waals surface area contributed by atoms with Gasteiger partial charge in [0.25, 0.3) is 0 Å². The van der Waals surface area contributed by atoms with Gasteiger partial charge in [-0.3, -0.25) is 0 Å². The molecule has 0 aliphatic rings.